The zero-order valence-electron chi connectivity index (χ0n) is 31.9. The van der Waals surface area contributed by atoms with Gasteiger partial charge in [-0.15, -0.1) is 20.4 Å². The Bertz CT molecular complexity index is 2090. The van der Waals surface area contributed by atoms with Crippen molar-refractivity contribution in [1.29, 1.82) is 0 Å². The number of nitrogens with two attached hydrogens (primary N) is 2. The van der Waals surface area contributed by atoms with Gasteiger partial charge >= 0.3 is 0 Å². The number of hydrogen-bond donors (Lipinski definition) is 3. The van der Waals surface area contributed by atoms with Crippen molar-refractivity contribution in [2.75, 3.05) is 31.5 Å². The van der Waals surface area contributed by atoms with E-state index in [0.29, 0.717) is 5.82 Å². The number of aromatic nitrogens is 8. The number of tetrazole rings is 2. The van der Waals surface area contributed by atoms with E-state index in [2.05, 4.69) is 165 Å². The molecule has 0 saturated carbocycles. The van der Waals surface area contributed by atoms with Crippen LogP contribution in [0.3, 0.4) is 0 Å². The summed E-state index contributed by atoms with van der Waals surface area (Å²) in [5, 5.41) is 28.2. The lowest BCUT2D eigenvalue weighted by molar-refractivity contribution is -0.119. The van der Waals surface area contributed by atoms with Crippen LogP contribution in [-0.2, 0) is 40.1 Å². The van der Waals surface area contributed by atoms with Gasteiger partial charge in [-0.25, -0.2) is 0 Å². The van der Waals surface area contributed by atoms with E-state index >= 15 is 0 Å². The van der Waals surface area contributed by atoms with Crippen molar-refractivity contribution in [3.8, 4) is 0 Å². The van der Waals surface area contributed by atoms with Crippen molar-refractivity contribution in [3.63, 3.8) is 0 Å². The first-order valence-electron chi connectivity index (χ1n) is 19.1. The van der Waals surface area contributed by atoms with Crippen LogP contribution in [0, 0.1) is 0 Å². The molecule has 2 fully saturated rings. The molecule has 60 heavy (non-hydrogen) atoms. The summed E-state index contributed by atoms with van der Waals surface area (Å²) in [5.74, 6) is 0.674. The molecule has 0 spiro atoms. The number of likely N-dealkylation sites (tertiary alicyclic amines) is 2. The summed E-state index contributed by atoms with van der Waals surface area (Å²) in [6, 6.07) is 42.1. The number of alkyl halides is 1. The summed E-state index contributed by atoms with van der Waals surface area (Å²) < 4.78 is 0. The van der Waals surface area contributed by atoms with Gasteiger partial charge in [0.1, 0.15) is 6.54 Å². The fraction of sp³-hybridized carbons (Fsp3) is 0.378. The molecule has 2 amide bonds. The van der Waals surface area contributed by atoms with E-state index < -0.39 is 5.91 Å². The van der Waals surface area contributed by atoms with Crippen LogP contribution in [0.4, 0.5) is 0 Å². The van der Waals surface area contributed by atoms with Crippen molar-refractivity contribution < 1.29 is 9.59 Å². The summed E-state index contributed by atoms with van der Waals surface area (Å²) in [7, 11) is 0. The Kier molecular flexibility index (Phi) is 19.3. The van der Waals surface area contributed by atoms with Gasteiger partial charge in [0.05, 0.1) is 16.2 Å². The molecule has 15 heteroatoms. The standard InChI is InChI=1S/C21H24N6O.C19H21N5.C2H4BrNO.3CH4/c22-19(28)16-27-24-20(23-25-27)21(18-9-5-2-6-10-18)11-13-26(14-12-21)15-17-7-3-1-4-8-17;1-3-7-16(8-4-1)15-24-13-11-19(12-14-24,18-20-22-23-21-18)17-9-5-2-6-10-17;3-1-2(4)5;;;/h1-10H,11-16H2,(H2,22,28);1-10H,11-15H2,(H,20,21,22,23);1H2,(H2,4,5);3*1H4. The zero-order chi connectivity index (χ0) is 39.9. The number of aromatic amines is 1. The molecule has 14 nitrogen and oxygen atoms in total. The fourth-order valence-corrected chi connectivity index (χ4v) is 7.67. The van der Waals surface area contributed by atoms with Crippen molar-refractivity contribution in [1.82, 2.24) is 50.6 Å². The SMILES string of the molecule is C.C.C.NC(=O)CBr.NC(=O)Cn1nnc(C2(c3ccccc3)CCN(Cc3ccccc3)CC2)n1.c1ccc(CN2CCC(c3ccccc3)(c3nn[nH]n3)CC2)cc1. The Morgan fingerprint density at radius 1 is 0.600 bits per heavy atom. The third kappa shape index (κ3) is 12.7. The first-order valence-corrected chi connectivity index (χ1v) is 20.2. The van der Waals surface area contributed by atoms with Gasteiger partial charge in [-0.05, 0) is 79.3 Å². The van der Waals surface area contributed by atoms with E-state index in [1.54, 1.807) is 0 Å². The van der Waals surface area contributed by atoms with Crippen molar-refractivity contribution >= 4 is 27.7 Å². The summed E-state index contributed by atoms with van der Waals surface area (Å²) in [4.78, 5) is 27.0. The molecule has 2 aliphatic heterocycles. The van der Waals surface area contributed by atoms with Gasteiger partial charge in [0.15, 0.2) is 11.6 Å². The number of halogens is 1. The molecular formula is C45H61BrN12O2. The molecule has 4 aromatic carbocycles. The van der Waals surface area contributed by atoms with Crippen molar-refractivity contribution in [3.05, 3.63) is 155 Å². The smallest absolute Gasteiger partial charge is 0.241 e. The number of amides is 2. The minimum Gasteiger partial charge on any atom is -0.369 e. The van der Waals surface area contributed by atoms with Crippen molar-refractivity contribution in [2.45, 2.75) is 78.4 Å². The maximum Gasteiger partial charge on any atom is 0.241 e. The molecule has 320 valence electrons. The van der Waals surface area contributed by atoms with E-state index in [4.69, 9.17) is 5.73 Å². The number of primary amides is 2. The van der Waals surface area contributed by atoms with E-state index in [0.717, 1.165) is 70.8 Å². The molecule has 8 rings (SSSR count). The number of carbonyl (C=O) groups excluding carboxylic acids is 2. The number of H-pyrrole nitrogens is 1. The monoisotopic (exact) mass is 880 g/mol. The number of nitrogens with zero attached hydrogens (tertiary/aromatic N) is 9. The predicted octanol–water partition coefficient (Wildman–Crippen LogP) is 6.30. The summed E-state index contributed by atoms with van der Waals surface area (Å²) in [6.07, 6.45) is 3.80. The number of rotatable bonds is 11. The molecule has 0 unspecified atom stereocenters. The lowest BCUT2D eigenvalue weighted by Crippen LogP contribution is -2.43. The molecular weight excluding hydrogens is 820 g/mol. The summed E-state index contributed by atoms with van der Waals surface area (Å²) in [6.45, 7) is 5.81. The first kappa shape index (κ1) is 48.7. The molecule has 2 aromatic heterocycles. The molecule has 0 bridgehead atoms. The minimum absolute atomic E-state index is 0. The van der Waals surface area contributed by atoms with Crippen LogP contribution >= 0.6 is 15.9 Å². The normalized spacial score (nSPS) is 15.5. The van der Waals surface area contributed by atoms with Crippen LogP contribution in [0.1, 0.15) is 81.9 Å². The third-order valence-electron chi connectivity index (χ3n) is 10.7. The highest BCUT2D eigenvalue weighted by molar-refractivity contribution is 9.09. The van der Waals surface area contributed by atoms with Gasteiger partial charge in [-0.3, -0.25) is 19.4 Å². The molecule has 2 aliphatic rings. The number of hydrogen-bond acceptors (Lipinski definition) is 10. The molecule has 6 aromatic rings. The maximum absolute atomic E-state index is 11.2. The highest BCUT2D eigenvalue weighted by Crippen LogP contribution is 2.41. The fourth-order valence-electron chi connectivity index (χ4n) is 7.67. The minimum atomic E-state index is -0.476. The maximum atomic E-state index is 11.2. The van der Waals surface area contributed by atoms with Crippen molar-refractivity contribution in [2.24, 2.45) is 11.5 Å². The largest absolute Gasteiger partial charge is 0.369 e. The number of nitrogens with one attached hydrogen (secondary N) is 1. The van der Waals surface area contributed by atoms with E-state index in [-0.39, 0.29) is 50.9 Å². The van der Waals surface area contributed by atoms with Crippen LogP contribution in [0.2, 0.25) is 0 Å². The van der Waals surface area contributed by atoms with Crippen LogP contribution < -0.4 is 11.5 Å². The molecule has 5 N–H and O–H groups in total. The van der Waals surface area contributed by atoms with E-state index in [1.165, 1.54) is 27.1 Å². The van der Waals surface area contributed by atoms with Gasteiger partial charge in [-0.2, -0.15) is 10.0 Å². The van der Waals surface area contributed by atoms with Gasteiger partial charge in [0.2, 0.25) is 11.8 Å². The lowest BCUT2D eigenvalue weighted by atomic mass is 9.72. The Balaban J connectivity index is 0.000000278. The molecule has 0 atom stereocenters. The molecule has 0 radical (unpaired) electrons. The molecule has 4 heterocycles. The highest BCUT2D eigenvalue weighted by atomic mass is 79.9. The zero-order valence-corrected chi connectivity index (χ0v) is 33.5. The van der Waals surface area contributed by atoms with E-state index in [9.17, 15) is 9.59 Å². The second-order valence-electron chi connectivity index (χ2n) is 14.4. The predicted molar refractivity (Wildman–Crippen MR) is 241 cm³/mol. The third-order valence-corrected chi connectivity index (χ3v) is 11.2. The topological polar surface area (TPSA) is 191 Å². The van der Waals surface area contributed by atoms with Gasteiger partial charge in [-0.1, -0.05) is 165 Å². The number of piperidine rings is 2. The first-order chi connectivity index (χ1) is 27.8. The molecule has 2 saturated heterocycles. The van der Waals surface area contributed by atoms with Crippen LogP contribution in [-0.4, -0.2) is 94.0 Å². The summed E-state index contributed by atoms with van der Waals surface area (Å²) in [5.41, 5.74) is 14.6. The molecule has 0 aliphatic carbocycles. The average molecular weight is 882 g/mol. The second kappa shape index (κ2) is 23.8. The van der Waals surface area contributed by atoms with Gasteiger partial charge < -0.3 is 11.5 Å². The quantitative estimate of drug-likeness (QED) is 0.125. The van der Waals surface area contributed by atoms with Crippen LogP contribution in [0.15, 0.2) is 121 Å². The van der Waals surface area contributed by atoms with Gasteiger partial charge in [0, 0.05) is 13.1 Å². The Morgan fingerprint density at radius 2 is 1.00 bits per heavy atom. The van der Waals surface area contributed by atoms with Crippen LogP contribution in [0.25, 0.3) is 0 Å². The Morgan fingerprint density at radius 3 is 1.37 bits per heavy atom. The lowest BCUT2D eigenvalue weighted by Gasteiger charge is -2.40. The van der Waals surface area contributed by atoms with E-state index in [1.807, 2.05) is 24.3 Å². The highest BCUT2D eigenvalue weighted by Gasteiger charge is 2.42. The number of benzene rings is 4. The second-order valence-corrected chi connectivity index (χ2v) is 14.9. The number of carbonyl (C=O) groups is 2. The van der Waals surface area contributed by atoms with Gasteiger partial charge in [0.25, 0.3) is 0 Å². The Hall–Kier alpha value is -5.64. The Labute approximate surface area is 363 Å². The summed E-state index contributed by atoms with van der Waals surface area (Å²) >= 11 is 2.84. The van der Waals surface area contributed by atoms with Crippen LogP contribution in [0.5, 0.6) is 0 Å². The average Bonchev–Trinajstić information content (AvgIpc) is 3.98.